The Balaban J connectivity index is 1.99. The average molecular weight is 275 g/mol. The van der Waals surface area contributed by atoms with Crippen molar-refractivity contribution in [3.8, 4) is 0 Å². The molecule has 2 atom stereocenters. The normalized spacial score (nSPS) is 22.6. The Hall–Kier alpha value is -1.25. The molecule has 1 aromatic rings. The fourth-order valence-corrected chi connectivity index (χ4v) is 3.31. The molecule has 0 radical (unpaired) electrons. The molecule has 1 fully saturated rings. The number of nitrogens with one attached hydrogen (secondary N) is 1. The fourth-order valence-electron chi connectivity index (χ4n) is 3.31. The van der Waals surface area contributed by atoms with Crippen LogP contribution in [0.15, 0.2) is 18.3 Å². The second-order valence-electron chi connectivity index (χ2n) is 5.78. The molecule has 1 aliphatic rings. The van der Waals surface area contributed by atoms with E-state index in [9.17, 15) is 0 Å². The molecule has 1 saturated carbocycles. The van der Waals surface area contributed by atoms with Crippen molar-refractivity contribution in [2.75, 3.05) is 23.3 Å². The third-order valence-corrected chi connectivity index (χ3v) is 4.62. The summed E-state index contributed by atoms with van der Waals surface area (Å²) in [7, 11) is 0. The van der Waals surface area contributed by atoms with Crippen LogP contribution in [0.3, 0.4) is 0 Å². The zero-order valence-corrected chi connectivity index (χ0v) is 13.2. The highest BCUT2D eigenvalue weighted by molar-refractivity contribution is 5.49. The Morgan fingerprint density at radius 2 is 1.90 bits per heavy atom. The van der Waals surface area contributed by atoms with Crippen molar-refractivity contribution in [1.29, 1.82) is 0 Å². The summed E-state index contributed by atoms with van der Waals surface area (Å²) >= 11 is 0. The first-order chi connectivity index (χ1) is 9.78. The third kappa shape index (κ3) is 3.65. The molecule has 112 valence electrons. The van der Waals surface area contributed by atoms with Crippen molar-refractivity contribution in [3.05, 3.63) is 18.3 Å². The van der Waals surface area contributed by atoms with Crippen molar-refractivity contribution >= 4 is 11.5 Å². The van der Waals surface area contributed by atoms with Crippen molar-refractivity contribution in [3.63, 3.8) is 0 Å². The number of hydrogen-bond acceptors (Lipinski definition) is 3. The van der Waals surface area contributed by atoms with Gasteiger partial charge in [0.15, 0.2) is 0 Å². The van der Waals surface area contributed by atoms with E-state index >= 15 is 0 Å². The molecular formula is C17H29N3. The van der Waals surface area contributed by atoms with Crippen LogP contribution >= 0.6 is 0 Å². The van der Waals surface area contributed by atoms with Gasteiger partial charge < -0.3 is 10.2 Å². The molecule has 0 aromatic carbocycles. The van der Waals surface area contributed by atoms with E-state index in [1.807, 2.05) is 6.20 Å². The summed E-state index contributed by atoms with van der Waals surface area (Å²) in [5.74, 6) is 1.91. The minimum atomic E-state index is 0.634. The van der Waals surface area contributed by atoms with E-state index in [4.69, 9.17) is 0 Å². The molecule has 1 N–H and O–H groups in total. The Kier molecular flexibility index (Phi) is 5.69. The minimum absolute atomic E-state index is 0.634. The lowest BCUT2D eigenvalue weighted by atomic mass is 9.83. The van der Waals surface area contributed by atoms with Crippen LogP contribution in [0.2, 0.25) is 0 Å². The van der Waals surface area contributed by atoms with Gasteiger partial charge in [0.1, 0.15) is 5.82 Å². The average Bonchev–Trinajstić information content (AvgIpc) is 2.51. The van der Waals surface area contributed by atoms with Gasteiger partial charge in [-0.05, 0) is 44.7 Å². The first-order valence-electron chi connectivity index (χ1n) is 8.26. The summed E-state index contributed by atoms with van der Waals surface area (Å²) < 4.78 is 0. The van der Waals surface area contributed by atoms with Crippen LogP contribution in [0.5, 0.6) is 0 Å². The second kappa shape index (κ2) is 7.51. The molecule has 2 unspecified atom stereocenters. The van der Waals surface area contributed by atoms with Gasteiger partial charge in [0.05, 0.1) is 11.9 Å². The first kappa shape index (κ1) is 15.1. The van der Waals surface area contributed by atoms with Crippen molar-refractivity contribution < 1.29 is 0 Å². The van der Waals surface area contributed by atoms with Gasteiger partial charge in [-0.25, -0.2) is 4.98 Å². The number of pyridine rings is 1. The lowest BCUT2D eigenvalue weighted by Crippen LogP contribution is -2.31. The monoisotopic (exact) mass is 275 g/mol. The fraction of sp³-hybridized carbons (Fsp3) is 0.706. The minimum Gasteiger partial charge on any atom is -0.381 e. The van der Waals surface area contributed by atoms with Crippen molar-refractivity contribution in [1.82, 2.24) is 4.98 Å². The first-order valence-corrected chi connectivity index (χ1v) is 8.26. The lowest BCUT2D eigenvalue weighted by molar-refractivity contribution is 0.317. The van der Waals surface area contributed by atoms with Gasteiger partial charge in [-0.15, -0.1) is 0 Å². The summed E-state index contributed by atoms with van der Waals surface area (Å²) in [4.78, 5) is 6.88. The zero-order valence-electron chi connectivity index (χ0n) is 13.2. The van der Waals surface area contributed by atoms with Crippen molar-refractivity contribution in [2.24, 2.45) is 5.92 Å². The molecule has 2 rings (SSSR count). The van der Waals surface area contributed by atoms with E-state index in [-0.39, 0.29) is 0 Å². The Bertz CT molecular complexity index is 384. The van der Waals surface area contributed by atoms with Gasteiger partial charge in [0.25, 0.3) is 0 Å². The molecule has 0 amide bonds. The SMILES string of the molecule is CCC1CCCCC1Nc1ccc(N(CC)CC)nc1. The number of rotatable bonds is 6. The summed E-state index contributed by atoms with van der Waals surface area (Å²) in [6.45, 7) is 8.68. The van der Waals surface area contributed by atoms with Gasteiger partial charge in [-0.1, -0.05) is 26.2 Å². The van der Waals surface area contributed by atoms with Crippen molar-refractivity contribution in [2.45, 2.75) is 58.9 Å². The summed E-state index contributed by atoms with van der Waals surface area (Å²) in [5, 5.41) is 3.70. The van der Waals surface area contributed by atoms with Gasteiger partial charge in [0, 0.05) is 19.1 Å². The van der Waals surface area contributed by atoms with Crippen LogP contribution in [0, 0.1) is 5.92 Å². The summed E-state index contributed by atoms with van der Waals surface area (Å²) in [6.07, 6.45) is 8.71. The molecule has 1 aliphatic carbocycles. The van der Waals surface area contributed by atoms with Gasteiger partial charge in [0.2, 0.25) is 0 Å². The predicted molar refractivity (Wildman–Crippen MR) is 87.5 cm³/mol. The highest BCUT2D eigenvalue weighted by Crippen LogP contribution is 2.29. The summed E-state index contributed by atoms with van der Waals surface area (Å²) in [5.41, 5.74) is 1.17. The largest absolute Gasteiger partial charge is 0.381 e. The Labute approximate surface area is 123 Å². The molecule has 0 aliphatic heterocycles. The Morgan fingerprint density at radius 3 is 2.50 bits per heavy atom. The number of hydrogen-bond donors (Lipinski definition) is 1. The van der Waals surface area contributed by atoms with Crippen LogP contribution in [0.25, 0.3) is 0 Å². The second-order valence-corrected chi connectivity index (χ2v) is 5.78. The van der Waals surface area contributed by atoms with E-state index in [1.165, 1.54) is 37.8 Å². The Morgan fingerprint density at radius 1 is 1.15 bits per heavy atom. The molecule has 20 heavy (non-hydrogen) atoms. The van der Waals surface area contributed by atoms with E-state index in [0.717, 1.165) is 24.8 Å². The zero-order chi connectivity index (χ0) is 14.4. The molecule has 0 bridgehead atoms. The standard InChI is InChI=1S/C17H29N3/c1-4-14-9-7-8-10-16(14)19-15-11-12-17(18-13-15)20(5-2)6-3/h11-14,16,19H,4-10H2,1-3H3. The smallest absolute Gasteiger partial charge is 0.128 e. The van der Waals surface area contributed by atoms with Gasteiger partial charge in [-0.2, -0.15) is 0 Å². The van der Waals surface area contributed by atoms with Crippen LogP contribution in [0.4, 0.5) is 11.5 Å². The third-order valence-electron chi connectivity index (χ3n) is 4.62. The number of nitrogens with zero attached hydrogens (tertiary/aromatic N) is 2. The highest BCUT2D eigenvalue weighted by Gasteiger charge is 2.23. The maximum atomic E-state index is 4.60. The lowest BCUT2D eigenvalue weighted by Gasteiger charge is -2.32. The maximum Gasteiger partial charge on any atom is 0.128 e. The molecule has 0 spiro atoms. The molecule has 3 heteroatoms. The van der Waals surface area contributed by atoms with Gasteiger partial charge in [-0.3, -0.25) is 0 Å². The van der Waals surface area contributed by atoms with E-state index < -0.39 is 0 Å². The molecule has 3 nitrogen and oxygen atoms in total. The van der Waals surface area contributed by atoms with Crippen LogP contribution in [-0.4, -0.2) is 24.1 Å². The quantitative estimate of drug-likeness (QED) is 0.838. The molecular weight excluding hydrogens is 246 g/mol. The molecule has 0 saturated heterocycles. The van der Waals surface area contributed by atoms with Crippen LogP contribution in [-0.2, 0) is 0 Å². The van der Waals surface area contributed by atoms with Gasteiger partial charge >= 0.3 is 0 Å². The van der Waals surface area contributed by atoms with Crippen LogP contribution in [0.1, 0.15) is 52.9 Å². The highest BCUT2D eigenvalue weighted by atomic mass is 15.2. The number of aromatic nitrogens is 1. The number of anilines is 2. The predicted octanol–water partition coefficient (Wildman–Crippen LogP) is 4.31. The van der Waals surface area contributed by atoms with E-state index in [2.05, 4.69) is 48.1 Å². The summed E-state index contributed by atoms with van der Waals surface area (Å²) in [6, 6.07) is 4.95. The van der Waals surface area contributed by atoms with E-state index in [0.29, 0.717) is 6.04 Å². The topological polar surface area (TPSA) is 28.2 Å². The maximum absolute atomic E-state index is 4.60. The van der Waals surface area contributed by atoms with E-state index in [1.54, 1.807) is 0 Å². The molecule has 1 aromatic heterocycles. The molecule has 1 heterocycles. The van der Waals surface area contributed by atoms with Crippen LogP contribution < -0.4 is 10.2 Å².